The molecule has 1 aromatic heterocycles. The molecule has 4 heteroatoms. The van der Waals surface area contributed by atoms with Crippen molar-refractivity contribution in [1.82, 2.24) is 10.3 Å². The van der Waals surface area contributed by atoms with Gasteiger partial charge in [-0.2, -0.15) is 0 Å². The van der Waals surface area contributed by atoms with Gasteiger partial charge in [-0.15, -0.1) is 11.3 Å². The number of nitrogens with zero attached hydrogens (tertiary/aromatic N) is 1. The van der Waals surface area contributed by atoms with E-state index >= 15 is 0 Å². The summed E-state index contributed by atoms with van der Waals surface area (Å²) in [7, 11) is 0. The Bertz CT molecular complexity index is 283. The highest BCUT2D eigenvalue weighted by Gasteiger charge is 2.14. The summed E-state index contributed by atoms with van der Waals surface area (Å²) in [5.74, 6) is 0.852. The van der Waals surface area contributed by atoms with Gasteiger partial charge in [-0.05, 0) is 45.2 Å². The molecule has 1 fully saturated rings. The fraction of sp³-hybridized carbons (Fsp3) is 0.750. The second-order valence-electron chi connectivity index (χ2n) is 4.37. The second-order valence-corrected chi connectivity index (χ2v) is 5.29. The van der Waals surface area contributed by atoms with Crippen LogP contribution in [0.5, 0.6) is 0 Å². The van der Waals surface area contributed by atoms with Gasteiger partial charge < -0.3 is 10.1 Å². The average Bonchev–Trinajstić information content (AvgIpc) is 2.84. The summed E-state index contributed by atoms with van der Waals surface area (Å²) in [5, 5.41) is 6.48. The van der Waals surface area contributed by atoms with Crippen molar-refractivity contribution < 1.29 is 4.74 Å². The lowest BCUT2D eigenvalue weighted by molar-refractivity contribution is 0.0532. The zero-order chi connectivity index (χ0) is 11.2. The number of aromatic nitrogens is 1. The molecule has 3 nitrogen and oxygen atoms in total. The minimum absolute atomic E-state index is 0.154. The topological polar surface area (TPSA) is 34.1 Å². The summed E-state index contributed by atoms with van der Waals surface area (Å²) in [5.41, 5.74) is 0. The van der Waals surface area contributed by atoms with E-state index in [0.29, 0.717) is 0 Å². The maximum Gasteiger partial charge on any atom is 0.121 e. The van der Waals surface area contributed by atoms with Gasteiger partial charge in [-0.25, -0.2) is 4.98 Å². The molecule has 0 bridgehead atoms. The first-order chi connectivity index (χ1) is 7.86. The smallest absolute Gasteiger partial charge is 0.121 e. The Kier molecular flexibility index (Phi) is 4.75. The van der Waals surface area contributed by atoms with Crippen LogP contribution in [0.25, 0.3) is 0 Å². The van der Waals surface area contributed by atoms with Crippen molar-refractivity contribution >= 4 is 11.3 Å². The average molecular weight is 240 g/mol. The maximum absolute atomic E-state index is 5.82. The number of piperidine rings is 1. The van der Waals surface area contributed by atoms with Gasteiger partial charge in [-0.3, -0.25) is 0 Å². The van der Waals surface area contributed by atoms with Crippen LogP contribution in [-0.2, 0) is 4.74 Å². The molecule has 90 valence electrons. The van der Waals surface area contributed by atoms with Gasteiger partial charge >= 0.3 is 0 Å². The Labute approximate surface area is 101 Å². The fourth-order valence-corrected chi connectivity index (χ4v) is 2.73. The fourth-order valence-electron chi connectivity index (χ4n) is 2.09. The molecule has 2 heterocycles. The van der Waals surface area contributed by atoms with Crippen LogP contribution in [0.4, 0.5) is 0 Å². The summed E-state index contributed by atoms with van der Waals surface area (Å²) < 4.78 is 5.82. The Morgan fingerprint density at radius 3 is 3.06 bits per heavy atom. The van der Waals surface area contributed by atoms with Crippen molar-refractivity contribution in [3.63, 3.8) is 0 Å². The molecule has 16 heavy (non-hydrogen) atoms. The van der Waals surface area contributed by atoms with Crippen LogP contribution in [0, 0.1) is 5.92 Å². The van der Waals surface area contributed by atoms with Crippen molar-refractivity contribution in [3.05, 3.63) is 16.6 Å². The lowest BCUT2D eigenvalue weighted by atomic mass is 9.95. The summed E-state index contributed by atoms with van der Waals surface area (Å²) in [6.45, 7) is 5.30. The maximum atomic E-state index is 5.82. The van der Waals surface area contributed by atoms with Gasteiger partial charge in [0.15, 0.2) is 0 Å². The van der Waals surface area contributed by atoms with Crippen molar-refractivity contribution in [1.29, 1.82) is 0 Å². The quantitative estimate of drug-likeness (QED) is 0.859. The molecular weight excluding hydrogens is 220 g/mol. The normalized spacial score (nSPS) is 19.8. The third kappa shape index (κ3) is 3.54. The number of hydrogen-bond acceptors (Lipinski definition) is 4. The molecule has 1 aromatic rings. The van der Waals surface area contributed by atoms with Crippen LogP contribution in [0.1, 0.15) is 37.3 Å². The highest BCUT2D eigenvalue weighted by atomic mass is 32.1. The molecule has 0 aromatic carbocycles. The van der Waals surface area contributed by atoms with Crippen molar-refractivity contribution in [2.24, 2.45) is 5.92 Å². The van der Waals surface area contributed by atoms with E-state index in [1.54, 1.807) is 11.3 Å². The minimum atomic E-state index is 0.154. The van der Waals surface area contributed by atoms with Crippen LogP contribution in [0.3, 0.4) is 0 Å². The van der Waals surface area contributed by atoms with E-state index in [1.807, 2.05) is 11.6 Å². The molecule has 0 aliphatic carbocycles. The molecule has 1 saturated heterocycles. The van der Waals surface area contributed by atoms with Crippen LogP contribution in [0.2, 0.25) is 0 Å². The van der Waals surface area contributed by atoms with E-state index in [9.17, 15) is 0 Å². The summed E-state index contributed by atoms with van der Waals surface area (Å²) in [6.07, 6.45) is 5.79. The molecule has 1 aliphatic heterocycles. The van der Waals surface area contributed by atoms with E-state index in [2.05, 4.69) is 17.2 Å². The Hall–Kier alpha value is -0.450. The number of thiazole rings is 1. The van der Waals surface area contributed by atoms with E-state index in [1.165, 1.54) is 32.4 Å². The second kappa shape index (κ2) is 6.33. The molecule has 0 radical (unpaired) electrons. The molecule has 1 atom stereocenters. The Morgan fingerprint density at radius 2 is 2.38 bits per heavy atom. The highest BCUT2D eigenvalue weighted by Crippen LogP contribution is 2.21. The highest BCUT2D eigenvalue weighted by molar-refractivity contribution is 7.09. The van der Waals surface area contributed by atoms with Gasteiger partial charge in [0.25, 0.3) is 0 Å². The minimum Gasteiger partial charge on any atom is -0.371 e. The van der Waals surface area contributed by atoms with Crippen LogP contribution >= 0.6 is 11.3 Å². The zero-order valence-electron chi connectivity index (χ0n) is 9.82. The Morgan fingerprint density at radius 1 is 1.56 bits per heavy atom. The molecule has 1 aliphatic rings. The lowest BCUT2D eigenvalue weighted by Gasteiger charge is -2.22. The van der Waals surface area contributed by atoms with Gasteiger partial charge in [-0.1, -0.05) is 0 Å². The molecule has 0 unspecified atom stereocenters. The lowest BCUT2D eigenvalue weighted by Crippen LogP contribution is -2.28. The predicted molar refractivity (Wildman–Crippen MR) is 66.7 cm³/mol. The molecular formula is C12H20N2OS. The monoisotopic (exact) mass is 240 g/mol. The predicted octanol–water partition coefficient (Wildman–Crippen LogP) is 2.61. The summed E-state index contributed by atoms with van der Waals surface area (Å²) in [6, 6.07) is 0. The number of nitrogens with one attached hydrogen (secondary N) is 1. The first-order valence-corrected chi connectivity index (χ1v) is 6.96. The van der Waals surface area contributed by atoms with Gasteiger partial charge in [0, 0.05) is 18.2 Å². The molecule has 0 saturated carbocycles. The largest absolute Gasteiger partial charge is 0.371 e. The molecule has 0 amide bonds. The van der Waals surface area contributed by atoms with Crippen LogP contribution in [0.15, 0.2) is 11.6 Å². The van der Waals surface area contributed by atoms with Gasteiger partial charge in [0.1, 0.15) is 11.1 Å². The third-order valence-corrected chi connectivity index (χ3v) is 4.09. The number of ether oxygens (including phenoxy) is 1. The van der Waals surface area contributed by atoms with Gasteiger partial charge in [0.05, 0.1) is 0 Å². The van der Waals surface area contributed by atoms with E-state index in [0.717, 1.165) is 17.5 Å². The first-order valence-electron chi connectivity index (χ1n) is 6.08. The number of rotatable bonds is 5. The SMILES string of the molecule is C[C@@H](OCCC1CCNCC1)c1nccs1. The molecule has 2 rings (SSSR count). The summed E-state index contributed by atoms with van der Waals surface area (Å²) in [4.78, 5) is 4.27. The van der Waals surface area contributed by atoms with Crippen LogP contribution in [-0.4, -0.2) is 24.7 Å². The van der Waals surface area contributed by atoms with E-state index in [4.69, 9.17) is 4.74 Å². The van der Waals surface area contributed by atoms with E-state index < -0.39 is 0 Å². The zero-order valence-corrected chi connectivity index (χ0v) is 10.6. The standard InChI is InChI=1S/C12H20N2OS/c1-10(12-14-7-9-16-12)15-8-4-11-2-5-13-6-3-11/h7,9-11,13H,2-6,8H2,1H3/t10-/m1/s1. The first kappa shape index (κ1) is 12.0. The molecule has 1 N–H and O–H groups in total. The number of hydrogen-bond donors (Lipinski definition) is 1. The van der Waals surface area contributed by atoms with Crippen LogP contribution < -0.4 is 5.32 Å². The summed E-state index contributed by atoms with van der Waals surface area (Å²) >= 11 is 1.67. The van der Waals surface area contributed by atoms with Gasteiger partial charge in [0.2, 0.25) is 0 Å². The molecule has 0 spiro atoms. The van der Waals surface area contributed by atoms with Crippen molar-refractivity contribution in [2.45, 2.75) is 32.3 Å². The van der Waals surface area contributed by atoms with E-state index in [-0.39, 0.29) is 6.10 Å². The third-order valence-electron chi connectivity index (χ3n) is 3.15. The Balaban J connectivity index is 1.63. The van der Waals surface area contributed by atoms with Crippen molar-refractivity contribution in [2.75, 3.05) is 19.7 Å². The van der Waals surface area contributed by atoms with Crippen molar-refractivity contribution in [3.8, 4) is 0 Å².